The molecule has 2 N–H and O–H groups in total. The molecule has 1 saturated heterocycles. The Balaban J connectivity index is 2.13. The molecular formula is C16H23BrN2O. The first-order chi connectivity index (χ1) is 9.49. The van der Waals surface area contributed by atoms with Crippen LogP contribution in [0.25, 0.3) is 0 Å². The standard InChI is InChI=1S/C16H23BrN2O/c1-11(2)9-14(18)16(20)19-8-4-7-15(19)12-5-3-6-13(17)10-12/h3,5-6,10-11,14-15H,4,7-9,18H2,1-2H3. The molecule has 2 rings (SSSR count). The van der Waals surface area contributed by atoms with Gasteiger partial charge in [-0.25, -0.2) is 0 Å². The van der Waals surface area contributed by atoms with Gasteiger partial charge in [-0.1, -0.05) is 41.9 Å². The third kappa shape index (κ3) is 3.61. The van der Waals surface area contributed by atoms with E-state index in [1.807, 2.05) is 17.0 Å². The van der Waals surface area contributed by atoms with Crippen molar-refractivity contribution in [3.05, 3.63) is 34.3 Å². The summed E-state index contributed by atoms with van der Waals surface area (Å²) >= 11 is 3.50. The molecule has 1 aliphatic rings. The van der Waals surface area contributed by atoms with E-state index >= 15 is 0 Å². The van der Waals surface area contributed by atoms with E-state index in [0.29, 0.717) is 5.92 Å². The van der Waals surface area contributed by atoms with Gasteiger partial charge in [-0.2, -0.15) is 0 Å². The number of halogens is 1. The lowest BCUT2D eigenvalue weighted by Gasteiger charge is -2.28. The van der Waals surface area contributed by atoms with Crippen LogP contribution in [0, 0.1) is 5.92 Å². The number of nitrogens with zero attached hydrogens (tertiary/aromatic N) is 1. The average molecular weight is 339 g/mol. The summed E-state index contributed by atoms with van der Waals surface area (Å²) in [5.41, 5.74) is 7.26. The molecule has 1 aromatic carbocycles. The van der Waals surface area contributed by atoms with Crippen molar-refractivity contribution in [3.63, 3.8) is 0 Å². The molecule has 110 valence electrons. The molecule has 1 fully saturated rings. The van der Waals surface area contributed by atoms with Crippen LogP contribution in [-0.2, 0) is 4.79 Å². The van der Waals surface area contributed by atoms with Gasteiger partial charge in [0, 0.05) is 11.0 Å². The summed E-state index contributed by atoms with van der Waals surface area (Å²) in [4.78, 5) is 14.5. The second-order valence-corrected chi connectivity index (χ2v) is 6.90. The molecule has 0 radical (unpaired) electrons. The number of amides is 1. The number of likely N-dealkylation sites (tertiary alicyclic amines) is 1. The van der Waals surface area contributed by atoms with Gasteiger partial charge < -0.3 is 10.6 Å². The van der Waals surface area contributed by atoms with Gasteiger partial charge in [-0.3, -0.25) is 4.79 Å². The highest BCUT2D eigenvalue weighted by atomic mass is 79.9. The Hall–Kier alpha value is -0.870. The minimum absolute atomic E-state index is 0.0983. The van der Waals surface area contributed by atoms with Crippen LogP contribution in [0.5, 0.6) is 0 Å². The van der Waals surface area contributed by atoms with Gasteiger partial charge in [-0.15, -0.1) is 0 Å². The van der Waals surface area contributed by atoms with E-state index < -0.39 is 0 Å². The molecule has 1 amide bonds. The summed E-state index contributed by atoms with van der Waals surface area (Å²) in [7, 11) is 0. The minimum atomic E-state index is -0.372. The number of nitrogens with two attached hydrogens (primary N) is 1. The molecule has 20 heavy (non-hydrogen) atoms. The Morgan fingerprint density at radius 3 is 2.90 bits per heavy atom. The van der Waals surface area contributed by atoms with Crippen LogP contribution in [0.15, 0.2) is 28.7 Å². The quantitative estimate of drug-likeness (QED) is 0.913. The number of carbonyl (C=O) groups is 1. The highest BCUT2D eigenvalue weighted by Gasteiger charge is 2.32. The molecule has 2 unspecified atom stereocenters. The molecule has 3 nitrogen and oxygen atoms in total. The smallest absolute Gasteiger partial charge is 0.240 e. The first-order valence-corrected chi connectivity index (χ1v) is 8.10. The van der Waals surface area contributed by atoms with E-state index in [9.17, 15) is 4.79 Å². The Morgan fingerprint density at radius 2 is 2.25 bits per heavy atom. The van der Waals surface area contributed by atoms with Crippen LogP contribution in [0.3, 0.4) is 0 Å². The maximum absolute atomic E-state index is 12.5. The average Bonchev–Trinajstić information content (AvgIpc) is 2.86. The number of benzene rings is 1. The minimum Gasteiger partial charge on any atom is -0.334 e. The Kier molecular flexibility index (Phi) is 5.22. The third-order valence-electron chi connectivity index (χ3n) is 3.81. The van der Waals surface area contributed by atoms with Crippen LogP contribution < -0.4 is 5.73 Å². The van der Waals surface area contributed by atoms with Crippen LogP contribution in [0.1, 0.15) is 44.7 Å². The fourth-order valence-corrected chi connectivity index (χ4v) is 3.33. The number of hydrogen-bond acceptors (Lipinski definition) is 2. The molecule has 1 aliphatic heterocycles. The Labute approximate surface area is 129 Å². The van der Waals surface area contributed by atoms with E-state index in [4.69, 9.17) is 5.73 Å². The van der Waals surface area contributed by atoms with Crippen LogP contribution in [-0.4, -0.2) is 23.4 Å². The third-order valence-corrected chi connectivity index (χ3v) is 4.31. The molecule has 0 saturated carbocycles. The number of carbonyl (C=O) groups excluding carboxylic acids is 1. The van der Waals surface area contributed by atoms with E-state index in [1.165, 1.54) is 5.56 Å². The van der Waals surface area contributed by atoms with Crippen molar-refractivity contribution >= 4 is 21.8 Å². The molecule has 2 atom stereocenters. The summed E-state index contributed by atoms with van der Waals surface area (Å²) in [6.07, 6.45) is 2.83. The summed E-state index contributed by atoms with van der Waals surface area (Å²) < 4.78 is 1.06. The molecule has 1 aromatic rings. The zero-order valence-electron chi connectivity index (χ0n) is 12.2. The van der Waals surface area contributed by atoms with Crippen LogP contribution >= 0.6 is 15.9 Å². The summed E-state index contributed by atoms with van der Waals surface area (Å²) in [6.45, 7) is 5.02. The van der Waals surface area contributed by atoms with Gasteiger partial charge in [-0.05, 0) is 42.9 Å². The lowest BCUT2D eigenvalue weighted by molar-refractivity contribution is -0.133. The topological polar surface area (TPSA) is 46.3 Å². The lowest BCUT2D eigenvalue weighted by Crippen LogP contribution is -2.44. The van der Waals surface area contributed by atoms with Crippen molar-refractivity contribution in [2.75, 3.05) is 6.54 Å². The summed E-state index contributed by atoms with van der Waals surface area (Å²) in [5.74, 6) is 0.544. The zero-order valence-corrected chi connectivity index (χ0v) is 13.8. The van der Waals surface area contributed by atoms with Crippen LogP contribution in [0.2, 0.25) is 0 Å². The predicted octanol–water partition coefficient (Wildman–Crippen LogP) is 3.49. The van der Waals surface area contributed by atoms with Crippen molar-refractivity contribution < 1.29 is 4.79 Å². The molecule has 1 heterocycles. The van der Waals surface area contributed by atoms with Gasteiger partial charge in [0.2, 0.25) is 5.91 Å². The van der Waals surface area contributed by atoms with Gasteiger partial charge in [0.15, 0.2) is 0 Å². The SMILES string of the molecule is CC(C)CC(N)C(=O)N1CCCC1c1cccc(Br)c1. The fraction of sp³-hybridized carbons (Fsp3) is 0.562. The van der Waals surface area contributed by atoms with Crippen molar-refractivity contribution in [1.82, 2.24) is 4.90 Å². The van der Waals surface area contributed by atoms with E-state index in [0.717, 1.165) is 30.3 Å². The first kappa shape index (κ1) is 15.5. The van der Waals surface area contributed by atoms with Crippen LogP contribution in [0.4, 0.5) is 0 Å². The molecule has 0 spiro atoms. The maximum atomic E-state index is 12.5. The molecule has 0 aromatic heterocycles. The lowest BCUT2D eigenvalue weighted by atomic mass is 10.0. The largest absolute Gasteiger partial charge is 0.334 e. The Morgan fingerprint density at radius 1 is 1.50 bits per heavy atom. The van der Waals surface area contributed by atoms with Crippen molar-refractivity contribution in [3.8, 4) is 0 Å². The molecule has 4 heteroatoms. The maximum Gasteiger partial charge on any atom is 0.240 e. The second kappa shape index (κ2) is 6.72. The van der Waals surface area contributed by atoms with E-state index in [-0.39, 0.29) is 18.0 Å². The molecular weight excluding hydrogens is 316 g/mol. The summed E-state index contributed by atoms with van der Waals surface area (Å²) in [5, 5.41) is 0. The van der Waals surface area contributed by atoms with Gasteiger partial charge in [0.25, 0.3) is 0 Å². The number of rotatable bonds is 4. The zero-order chi connectivity index (χ0) is 14.7. The predicted molar refractivity (Wildman–Crippen MR) is 85.3 cm³/mol. The number of hydrogen-bond donors (Lipinski definition) is 1. The first-order valence-electron chi connectivity index (χ1n) is 7.30. The normalized spacial score (nSPS) is 20.4. The second-order valence-electron chi connectivity index (χ2n) is 5.98. The van der Waals surface area contributed by atoms with Gasteiger partial charge in [0.1, 0.15) is 0 Å². The van der Waals surface area contributed by atoms with Crippen molar-refractivity contribution in [1.29, 1.82) is 0 Å². The van der Waals surface area contributed by atoms with E-state index in [2.05, 4.69) is 41.9 Å². The van der Waals surface area contributed by atoms with Gasteiger partial charge in [0.05, 0.1) is 12.1 Å². The van der Waals surface area contributed by atoms with Crippen molar-refractivity contribution in [2.24, 2.45) is 11.7 Å². The monoisotopic (exact) mass is 338 g/mol. The highest BCUT2D eigenvalue weighted by molar-refractivity contribution is 9.10. The van der Waals surface area contributed by atoms with E-state index in [1.54, 1.807) is 0 Å². The molecule has 0 bridgehead atoms. The molecule has 0 aliphatic carbocycles. The fourth-order valence-electron chi connectivity index (χ4n) is 2.91. The van der Waals surface area contributed by atoms with Gasteiger partial charge >= 0.3 is 0 Å². The Bertz CT molecular complexity index is 475. The highest BCUT2D eigenvalue weighted by Crippen LogP contribution is 2.33. The summed E-state index contributed by atoms with van der Waals surface area (Å²) in [6, 6.07) is 8.03. The van der Waals surface area contributed by atoms with Crippen molar-refractivity contribution in [2.45, 2.75) is 45.2 Å².